The maximum absolute atomic E-state index is 12.9. The molecule has 4 nitrogen and oxygen atoms in total. The summed E-state index contributed by atoms with van der Waals surface area (Å²) in [4.78, 5) is 22.3. The molecule has 5 heteroatoms. The van der Waals surface area contributed by atoms with E-state index in [0.29, 0.717) is 18.5 Å². The van der Waals surface area contributed by atoms with E-state index in [1.165, 1.54) is 49.8 Å². The van der Waals surface area contributed by atoms with Gasteiger partial charge in [0.25, 0.3) is 0 Å². The molecule has 1 aliphatic heterocycles. The Balaban J connectivity index is 0. The molecule has 2 amide bonds. The van der Waals surface area contributed by atoms with Crippen molar-refractivity contribution in [3.63, 3.8) is 0 Å². The van der Waals surface area contributed by atoms with E-state index in [-0.39, 0.29) is 19.1 Å². The van der Waals surface area contributed by atoms with Crippen molar-refractivity contribution in [2.45, 2.75) is 78.7 Å². The fourth-order valence-electron chi connectivity index (χ4n) is 2.53. The molecule has 29 heavy (non-hydrogen) atoms. The maximum atomic E-state index is 12.9. The molecule has 1 unspecified atom stereocenters. The molecule has 1 aromatic carbocycles. The van der Waals surface area contributed by atoms with Crippen LogP contribution in [0, 0.1) is 5.82 Å². The summed E-state index contributed by atoms with van der Waals surface area (Å²) in [5.41, 5.74) is 1.84. The quantitative estimate of drug-likeness (QED) is 0.298. The lowest BCUT2D eigenvalue weighted by molar-refractivity contribution is -0.133. The van der Waals surface area contributed by atoms with E-state index in [0.717, 1.165) is 0 Å². The Morgan fingerprint density at radius 1 is 1.31 bits per heavy atom. The van der Waals surface area contributed by atoms with Crippen molar-refractivity contribution in [2.24, 2.45) is 0 Å². The lowest BCUT2D eigenvalue weighted by Crippen LogP contribution is -2.47. The van der Waals surface area contributed by atoms with Gasteiger partial charge in [0.05, 0.1) is 0 Å². The number of imide groups is 1. The molecule has 0 radical (unpaired) electrons. The minimum absolute atomic E-state index is 0. The summed E-state index contributed by atoms with van der Waals surface area (Å²) in [6, 6.07) is 5.40. The zero-order chi connectivity index (χ0) is 22.1. The highest BCUT2D eigenvalue weighted by Gasteiger charge is 2.26. The molecule has 0 spiro atoms. The standard InChI is InChI=1S/C11H11FN2O2.C11H20.C2H6.H2/c12-7-2-1-3-8(6-7)13-9-4-5-10(15)14-11(9)16;1-4-5-6-7-8-9-10-11(2)3;1-2;/h1-3,6,9,13H,4-5H2,(H,14,15,16);6-7H,2,4-5,8-10H2,1,3H3;1-2H3;1H. The fourth-order valence-corrected chi connectivity index (χ4v) is 2.53. The number of carbonyl (C=O) groups is 2. The molecule has 0 aromatic heterocycles. The monoisotopic (exact) mass is 406 g/mol. The normalized spacial score (nSPS) is 15.6. The Labute approximate surface area is 177 Å². The molecule has 1 heterocycles. The molecule has 1 fully saturated rings. The number of anilines is 1. The van der Waals surface area contributed by atoms with E-state index in [4.69, 9.17) is 0 Å². The third-order valence-electron chi connectivity index (χ3n) is 4.00. The second-order valence-electron chi connectivity index (χ2n) is 6.77. The second-order valence-corrected chi connectivity index (χ2v) is 6.77. The summed E-state index contributed by atoms with van der Waals surface area (Å²) in [6.45, 7) is 12.2. The number of piperidine rings is 1. The lowest BCUT2D eigenvalue weighted by Gasteiger charge is -2.22. The van der Waals surface area contributed by atoms with Crippen molar-refractivity contribution in [1.82, 2.24) is 5.32 Å². The Hall–Kier alpha value is -2.43. The van der Waals surface area contributed by atoms with Crippen LogP contribution in [-0.2, 0) is 9.59 Å². The van der Waals surface area contributed by atoms with Gasteiger partial charge >= 0.3 is 0 Å². The van der Waals surface area contributed by atoms with Crippen molar-refractivity contribution in [3.05, 3.63) is 54.4 Å². The first-order valence-corrected chi connectivity index (χ1v) is 10.6. The third kappa shape index (κ3) is 13.4. The number of unbranched alkanes of at least 4 members (excludes halogenated alkanes) is 2. The molecule has 2 N–H and O–H groups in total. The van der Waals surface area contributed by atoms with Gasteiger partial charge in [-0.3, -0.25) is 14.9 Å². The van der Waals surface area contributed by atoms with E-state index in [1.807, 2.05) is 13.8 Å². The highest BCUT2D eigenvalue weighted by Crippen LogP contribution is 2.14. The zero-order valence-corrected chi connectivity index (χ0v) is 18.4. The Morgan fingerprint density at radius 2 is 2.00 bits per heavy atom. The van der Waals surface area contributed by atoms with Gasteiger partial charge in [-0.25, -0.2) is 4.39 Å². The van der Waals surface area contributed by atoms with Gasteiger partial charge in [-0.2, -0.15) is 0 Å². The van der Waals surface area contributed by atoms with Crippen molar-refractivity contribution in [3.8, 4) is 0 Å². The second kappa shape index (κ2) is 16.5. The summed E-state index contributed by atoms with van der Waals surface area (Å²) in [7, 11) is 0. The SMILES string of the molecule is C=C(C)CCCC=CCCC.CC.O=C1CCC(Nc2cccc(F)c2)C(=O)N1.[HH]. The summed E-state index contributed by atoms with van der Waals surface area (Å²) in [5.74, 6) is -0.986. The zero-order valence-electron chi connectivity index (χ0n) is 18.4. The topological polar surface area (TPSA) is 58.2 Å². The number of carbonyl (C=O) groups excluding carboxylic acids is 2. The molecule has 1 aromatic rings. The van der Waals surface area contributed by atoms with Crippen LogP contribution in [0.15, 0.2) is 48.6 Å². The predicted molar refractivity (Wildman–Crippen MR) is 122 cm³/mol. The average Bonchev–Trinajstić information content (AvgIpc) is 2.69. The van der Waals surface area contributed by atoms with Crippen LogP contribution in [0.3, 0.4) is 0 Å². The van der Waals surface area contributed by atoms with Gasteiger partial charge in [-0.1, -0.05) is 51.0 Å². The van der Waals surface area contributed by atoms with Gasteiger partial charge in [-0.05, 0) is 57.2 Å². The lowest BCUT2D eigenvalue weighted by atomic mass is 10.1. The maximum Gasteiger partial charge on any atom is 0.249 e. The van der Waals surface area contributed by atoms with Gasteiger partial charge in [0.15, 0.2) is 0 Å². The number of halogens is 1. The molecule has 1 atom stereocenters. The largest absolute Gasteiger partial charge is 0.374 e. The third-order valence-corrected chi connectivity index (χ3v) is 4.00. The van der Waals surface area contributed by atoms with Crippen LogP contribution in [0.1, 0.15) is 74.1 Å². The Bertz CT molecular complexity index is 662. The van der Waals surface area contributed by atoms with Crippen LogP contribution in [0.4, 0.5) is 10.1 Å². The van der Waals surface area contributed by atoms with Crippen LogP contribution in [0.25, 0.3) is 0 Å². The minimum Gasteiger partial charge on any atom is -0.374 e. The molecule has 164 valence electrons. The van der Waals surface area contributed by atoms with Gasteiger partial charge in [0.1, 0.15) is 11.9 Å². The number of rotatable bonds is 8. The number of nitrogens with one attached hydrogen (secondary N) is 2. The van der Waals surface area contributed by atoms with Gasteiger partial charge in [0.2, 0.25) is 11.8 Å². The smallest absolute Gasteiger partial charge is 0.249 e. The van der Waals surface area contributed by atoms with E-state index in [1.54, 1.807) is 12.1 Å². The first-order valence-electron chi connectivity index (χ1n) is 10.6. The van der Waals surface area contributed by atoms with Crippen LogP contribution < -0.4 is 10.6 Å². The van der Waals surface area contributed by atoms with E-state index in [2.05, 4.69) is 43.2 Å². The Morgan fingerprint density at radius 3 is 2.59 bits per heavy atom. The summed E-state index contributed by atoms with van der Waals surface area (Å²) >= 11 is 0. The van der Waals surface area contributed by atoms with Crippen LogP contribution in [-0.4, -0.2) is 17.9 Å². The van der Waals surface area contributed by atoms with Crippen LogP contribution in [0.5, 0.6) is 0 Å². The van der Waals surface area contributed by atoms with Crippen molar-refractivity contribution >= 4 is 17.5 Å². The fraction of sp³-hybridized carbons (Fsp3) is 0.500. The summed E-state index contributed by atoms with van der Waals surface area (Å²) < 4.78 is 12.9. The molecule has 0 aliphatic carbocycles. The molecule has 2 rings (SSSR count). The highest BCUT2D eigenvalue weighted by atomic mass is 19.1. The first-order chi connectivity index (χ1) is 13.9. The molecule has 1 saturated heterocycles. The molecule has 0 bridgehead atoms. The van der Waals surface area contributed by atoms with Crippen LogP contribution in [0.2, 0.25) is 0 Å². The van der Waals surface area contributed by atoms with Crippen LogP contribution >= 0.6 is 0 Å². The van der Waals surface area contributed by atoms with Gasteiger partial charge < -0.3 is 5.32 Å². The number of hydrogen-bond acceptors (Lipinski definition) is 3. The number of hydrogen-bond donors (Lipinski definition) is 2. The summed E-state index contributed by atoms with van der Waals surface area (Å²) in [6.07, 6.45) is 11.4. The molecule has 0 saturated carbocycles. The van der Waals surface area contributed by atoms with E-state index >= 15 is 0 Å². The Kier molecular flexibility index (Phi) is 15.1. The number of amides is 2. The van der Waals surface area contributed by atoms with Gasteiger partial charge in [-0.15, -0.1) is 6.58 Å². The van der Waals surface area contributed by atoms with E-state index in [9.17, 15) is 14.0 Å². The van der Waals surface area contributed by atoms with Crippen molar-refractivity contribution in [1.29, 1.82) is 0 Å². The molecular formula is C24H39FN2O2. The van der Waals surface area contributed by atoms with Crippen molar-refractivity contribution < 1.29 is 15.4 Å². The molecular weight excluding hydrogens is 367 g/mol. The highest BCUT2D eigenvalue weighted by molar-refractivity contribution is 6.01. The van der Waals surface area contributed by atoms with Crippen molar-refractivity contribution in [2.75, 3.05) is 5.32 Å². The molecule has 1 aliphatic rings. The first kappa shape index (κ1) is 26.6. The number of benzene rings is 1. The number of allylic oxidation sites excluding steroid dienone is 3. The average molecular weight is 407 g/mol. The summed E-state index contributed by atoms with van der Waals surface area (Å²) in [5, 5.41) is 5.12. The predicted octanol–water partition coefficient (Wildman–Crippen LogP) is 6.40. The minimum atomic E-state index is -0.473. The van der Waals surface area contributed by atoms with Gasteiger partial charge in [0, 0.05) is 13.5 Å². The van der Waals surface area contributed by atoms with E-state index < -0.39 is 6.04 Å².